The Hall–Kier alpha value is -4.57. The van der Waals surface area contributed by atoms with E-state index in [1.54, 1.807) is 66.2 Å². The molecule has 10 heteroatoms. The number of rotatable bonds is 8. The molecule has 3 aromatic carbocycles. The number of nitrogens with one attached hydrogen (secondary N) is 1. The van der Waals surface area contributed by atoms with Gasteiger partial charge < -0.3 is 9.47 Å². The number of hydrogen-bond donors (Lipinski definition) is 1. The van der Waals surface area contributed by atoms with Crippen molar-refractivity contribution in [3.63, 3.8) is 0 Å². The van der Waals surface area contributed by atoms with Crippen LogP contribution in [-0.4, -0.2) is 29.2 Å². The zero-order chi connectivity index (χ0) is 23.9. The summed E-state index contributed by atoms with van der Waals surface area (Å²) in [5.74, 6) is 0.198. The van der Waals surface area contributed by atoms with Crippen LogP contribution < -0.4 is 14.9 Å². The highest BCUT2D eigenvalue weighted by molar-refractivity contribution is 7.14. The lowest BCUT2D eigenvalue weighted by Crippen LogP contribution is -2.09. The van der Waals surface area contributed by atoms with E-state index < -0.39 is 10.9 Å². The summed E-state index contributed by atoms with van der Waals surface area (Å²) < 4.78 is 10.8. The number of ether oxygens (including phenoxy) is 2. The Balaban J connectivity index is 1.42. The second-order valence-electron chi connectivity index (χ2n) is 6.88. The van der Waals surface area contributed by atoms with E-state index in [2.05, 4.69) is 15.5 Å². The Morgan fingerprint density at radius 1 is 1.09 bits per heavy atom. The van der Waals surface area contributed by atoms with E-state index in [0.29, 0.717) is 39.0 Å². The summed E-state index contributed by atoms with van der Waals surface area (Å²) in [6.45, 7) is 0. The minimum Gasteiger partial charge on any atom is -0.493 e. The number of nitro groups is 1. The summed E-state index contributed by atoms with van der Waals surface area (Å²) in [6, 6.07) is 20.0. The van der Waals surface area contributed by atoms with E-state index in [-0.39, 0.29) is 5.69 Å². The monoisotopic (exact) mass is 474 g/mol. The quantitative estimate of drug-likeness (QED) is 0.120. The summed E-state index contributed by atoms with van der Waals surface area (Å²) in [6.07, 6.45) is 1.57. The largest absolute Gasteiger partial charge is 0.493 e. The summed E-state index contributed by atoms with van der Waals surface area (Å²) in [4.78, 5) is 27.2. The molecule has 0 atom stereocenters. The molecule has 4 rings (SSSR count). The number of carbonyl (C=O) groups excluding carboxylic acids is 1. The third-order valence-electron chi connectivity index (χ3n) is 4.63. The molecule has 0 fully saturated rings. The third kappa shape index (κ3) is 5.43. The predicted molar refractivity (Wildman–Crippen MR) is 130 cm³/mol. The van der Waals surface area contributed by atoms with Crippen molar-refractivity contribution < 1.29 is 19.2 Å². The van der Waals surface area contributed by atoms with E-state index in [0.717, 1.165) is 0 Å². The highest BCUT2D eigenvalue weighted by Gasteiger charge is 2.13. The van der Waals surface area contributed by atoms with E-state index in [1.165, 1.54) is 30.6 Å². The number of non-ortho nitro benzene ring substituents is 1. The van der Waals surface area contributed by atoms with Gasteiger partial charge in [0.25, 0.3) is 5.69 Å². The molecule has 0 aliphatic rings. The fraction of sp³-hybridized carbons (Fsp3) is 0.0417. The van der Waals surface area contributed by atoms with Crippen LogP contribution in [0.5, 0.6) is 11.5 Å². The standard InChI is InChI=1S/C24H18N4O5S/c1-32-22-12-16(10-11-21(22)33-23(29)17-6-3-2-4-7-17)14-25-27-24-26-20(15-34-24)18-8-5-9-19(13-18)28(30)31/h2-15H,1H3,(H,26,27)/b25-14-. The van der Waals surface area contributed by atoms with E-state index in [1.807, 2.05) is 6.07 Å². The van der Waals surface area contributed by atoms with Crippen molar-refractivity contribution >= 4 is 34.3 Å². The summed E-state index contributed by atoms with van der Waals surface area (Å²) >= 11 is 1.32. The minimum atomic E-state index is -0.481. The number of hydrazone groups is 1. The van der Waals surface area contributed by atoms with Crippen LogP contribution in [-0.2, 0) is 0 Å². The molecular weight excluding hydrogens is 456 g/mol. The normalized spacial score (nSPS) is 10.7. The smallest absolute Gasteiger partial charge is 0.343 e. The minimum absolute atomic E-state index is 0.00451. The maximum atomic E-state index is 12.3. The van der Waals surface area contributed by atoms with Crippen LogP contribution in [0.1, 0.15) is 15.9 Å². The highest BCUT2D eigenvalue weighted by Crippen LogP contribution is 2.29. The van der Waals surface area contributed by atoms with Crippen LogP contribution in [0, 0.1) is 10.1 Å². The first-order valence-electron chi connectivity index (χ1n) is 9.98. The molecule has 0 amide bonds. The van der Waals surface area contributed by atoms with E-state index in [9.17, 15) is 14.9 Å². The van der Waals surface area contributed by atoms with Crippen LogP contribution >= 0.6 is 11.3 Å². The van der Waals surface area contributed by atoms with Gasteiger partial charge in [0.2, 0.25) is 5.13 Å². The maximum absolute atomic E-state index is 12.3. The Kier molecular flexibility index (Phi) is 6.89. The fourth-order valence-corrected chi connectivity index (χ4v) is 3.65. The van der Waals surface area contributed by atoms with Gasteiger partial charge in [-0.15, -0.1) is 11.3 Å². The molecule has 0 aliphatic heterocycles. The first-order chi connectivity index (χ1) is 16.5. The van der Waals surface area contributed by atoms with Gasteiger partial charge in [-0.25, -0.2) is 9.78 Å². The van der Waals surface area contributed by atoms with Crippen molar-refractivity contribution in [1.29, 1.82) is 0 Å². The SMILES string of the molecule is COc1cc(/C=N\Nc2nc(-c3cccc([N+](=O)[O-])c3)cs2)ccc1OC(=O)c1ccccc1. The molecule has 0 saturated carbocycles. The third-order valence-corrected chi connectivity index (χ3v) is 5.38. The number of nitrogens with zero attached hydrogens (tertiary/aromatic N) is 3. The van der Waals surface area contributed by atoms with Crippen molar-refractivity contribution in [2.24, 2.45) is 5.10 Å². The van der Waals surface area contributed by atoms with E-state index >= 15 is 0 Å². The van der Waals surface area contributed by atoms with Crippen molar-refractivity contribution in [1.82, 2.24) is 4.98 Å². The lowest BCUT2D eigenvalue weighted by molar-refractivity contribution is -0.384. The second-order valence-corrected chi connectivity index (χ2v) is 7.74. The van der Waals surface area contributed by atoms with Gasteiger partial charge in [-0.3, -0.25) is 15.5 Å². The molecule has 34 heavy (non-hydrogen) atoms. The number of anilines is 1. The van der Waals surface area contributed by atoms with Gasteiger partial charge in [0.05, 0.1) is 29.5 Å². The number of esters is 1. The van der Waals surface area contributed by atoms with Crippen LogP contribution in [0.2, 0.25) is 0 Å². The number of hydrogen-bond acceptors (Lipinski definition) is 9. The molecule has 4 aromatic rings. The van der Waals surface area contributed by atoms with Crippen LogP contribution in [0.4, 0.5) is 10.8 Å². The molecule has 0 radical (unpaired) electrons. The number of methoxy groups -OCH3 is 1. The molecule has 0 spiro atoms. The van der Waals surface area contributed by atoms with Gasteiger partial charge in [-0.05, 0) is 35.9 Å². The van der Waals surface area contributed by atoms with Crippen molar-refractivity contribution in [3.05, 3.63) is 99.4 Å². The molecule has 170 valence electrons. The predicted octanol–water partition coefficient (Wildman–Crippen LogP) is 5.39. The number of benzene rings is 3. The van der Waals surface area contributed by atoms with Gasteiger partial charge in [-0.1, -0.05) is 30.3 Å². The molecule has 1 aromatic heterocycles. The van der Waals surface area contributed by atoms with E-state index in [4.69, 9.17) is 9.47 Å². The molecule has 0 unspecified atom stereocenters. The molecule has 0 aliphatic carbocycles. The van der Waals surface area contributed by atoms with Crippen LogP contribution in [0.25, 0.3) is 11.3 Å². The van der Waals surface area contributed by atoms with Gasteiger partial charge in [0.15, 0.2) is 11.5 Å². The molecule has 1 N–H and O–H groups in total. The Morgan fingerprint density at radius 2 is 1.91 bits per heavy atom. The molecule has 0 bridgehead atoms. The lowest BCUT2D eigenvalue weighted by Gasteiger charge is -2.09. The molecular formula is C24H18N4O5S. The lowest BCUT2D eigenvalue weighted by atomic mass is 10.1. The van der Waals surface area contributed by atoms with Gasteiger partial charge in [-0.2, -0.15) is 5.10 Å². The topological polar surface area (TPSA) is 116 Å². The first kappa shape index (κ1) is 22.6. The number of aromatic nitrogens is 1. The van der Waals surface area contributed by atoms with Crippen molar-refractivity contribution in [2.45, 2.75) is 0 Å². The summed E-state index contributed by atoms with van der Waals surface area (Å²) in [5, 5.41) is 17.5. The molecule has 1 heterocycles. The second kappa shape index (κ2) is 10.4. The van der Waals surface area contributed by atoms with Gasteiger partial charge in [0.1, 0.15) is 0 Å². The fourth-order valence-electron chi connectivity index (χ4n) is 2.98. The molecule has 0 saturated heterocycles. The summed E-state index contributed by atoms with van der Waals surface area (Å²) in [5.41, 5.74) is 5.25. The number of carbonyl (C=O) groups is 1. The number of thiazole rings is 1. The van der Waals surface area contributed by atoms with Crippen LogP contribution in [0.15, 0.2) is 83.3 Å². The summed E-state index contributed by atoms with van der Waals surface area (Å²) in [7, 11) is 1.49. The average Bonchev–Trinajstić information content (AvgIpc) is 3.34. The zero-order valence-corrected chi connectivity index (χ0v) is 18.7. The van der Waals surface area contributed by atoms with Gasteiger partial charge >= 0.3 is 5.97 Å². The van der Waals surface area contributed by atoms with Crippen molar-refractivity contribution in [2.75, 3.05) is 12.5 Å². The van der Waals surface area contributed by atoms with Gasteiger partial charge in [0, 0.05) is 23.1 Å². The number of nitro benzene ring substituents is 1. The van der Waals surface area contributed by atoms with Crippen LogP contribution in [0.3, 0.4) is 0 Å². The molecule has 9 nitrogen and oxygen atoms in total. The average molecular weight is 474 g/mol. The Labute approximate surface area is 198 Å². The maximum Gasteiger partial charge on any atom is 0.343 e. The highest BCUT2D eigenvalue weighted by atomic mass is 32.1. The first-order valence-corrected chi connectivity index (χ1v) is 10.9. The van der Waals surface area contributed by atoms with Crippen molar-refractivity contribution in [3.8, 4) is 22.8 Å². The zero-order valence-electron chi connectivity index (χ0n) is 17.9. The Bertz CT molecular complexity index is 1350. The Morgan fingerprint density at radius 3 is 2.68 bits per heavy atom.